The van der Waals surface area contributed by atoms with Gasteiger partial charge in [0.05, 0.1) is 23.5 Å². The van der Waals surface area contributed by atoms with E-state index in [-0.39, 0.29) is 45.5 Å². The molecule has 2 atom stereocenters. The Morgan fingerprint density at radius 1 is 1.09 bits per heavy atom. The Hall–Kier alpha value is -4.30. The van der Waals surface area contributed by atoms with Gasteiger partial charge in [-0.1, -0.05) is 36.7 Å². The molecule has 0 saturated heterocycles. The number of carbonyl (C=O) groups excluding carboxylic acids is 2. The Kier molecular flexibility index (Phi) is 6.32. The molecule has 43 heavy (non-hydrogen) atoms. The van der Waals surface area contributed by atoms with Crippen molar-refractivity contribution < 1.29 is 14.0 Å². The van der Waals surface area contributed by atoms with Crippen LogP contribution in [0.1, 0.15) is 66.0 Å². The number of halogens is 2. The van der Waals surface area contributed by atoms with Gasteiger partial charge in [0.15, 0.2) is 5.82 Å². The molecule has 1 aliphatic heterocycles. The van der Waals surface area contributed by atoms with Gasteiger partial charge in [0.1, 0.15) is 5.02 Å². The molecule has 0 spiro atoms. The molecule has 4 aromatic rings. The van der Waals surface area contributed by atoms with E-state index in [1.165, 1.54) is 6.07 Å². The lowest BCUT2D eigenvalue weighted by Gasteiger charge is -2.17. The van der Waals surface area contributed by atoms with E-state index < -0.39 is 11.2 Å². The molecule has 2 N–H and O–H groups in total. The van der Waals surface area contributed by atoms with Crippen LogP contribution in [0.15, 0.2) is 59.5 Å². The quantitative estimate of drug-likeness (QED) is 0.256. The number of fused-ring (bicyclic) bond motifs is 1. The van der Waals surface area contributed by atoms with Crippen LogP contribution in [-0.2, 0) is 16.0 Å². The minimum absolute atomic E-state index is 0.00724. The highest BCUT2D eigenvalue weighted by molar-refractivity contribution is 6.31. The van der Waals surface area contributed by atoms with Gasteiger partial charge in [-0.05, 0) is 97.5 Å². The largest absolute Gasteiger partial charge is 0.326 e. The first-order chi connectivity index (χ1) is 20.6. The summed E-state index contributed by atoms with van der Waals surface area (Å²) < 4.78 is 17.2. The zero-order valence-electron chi connectivity index (χ0n) is 24.1. The standard InChI is InChI=1S/C34H30ClFN4O3/c1-17-16-37-27(20-7-5-9-26(31(20)36)39-33(43)34(3)10-11-34)15-28(17)40-18(2)12-24(30(35)32(40)42)22-13-21(22)19-6-4-8-25-23(19)14-29(41)38-25/h4-9,12,15-16,21-22H,10-11,13-14H2,1-3H3,(H,38,41)(H,39,43)/t21-,22+/m1/s1. The third kappa shape index (κ3) is 4.65. The van der Waals surface area contributed by atoms with Gasteiger partial charge >= 0.3 is 0 Å². The van der Waals surface area contributed by atoms with Gasteiger partial charge in [0.25, 0.3) is 5.56 Å². The van der Waals surface area contributed by atoms with E-state index in [0.29, 0.717) is 23.5 Å². The number of aryl methyl sites for hydroxylation is 2. The third-order valence-corrected chi connectivity index (χ3v) is 9.54. The molecule has 0 bridgehead atoms. The molecule has 2 aliphatic carbocycles. The van der Waals surface area contributed by atoms with Crippen molar-refractivity contribution in [2.24, 2.45) is 5.41 Å². The van der Waals surface area contributed by atoms with Gasteiger partial charge in [-0.3, -0.25) is 23.9 Å². The predicted octanol–water partition coefficient (Wildman–Crippen LogP) is 6.81. The van der Waals surface area contributed by atoms with Gasteiger partial charge in [-0.15, -0.1) is 0 Å². The fourth-order valence-electron chi connectivity index (χ4n) is 6.22. The van der Waals surface area contributed by atoms with E-state index in [9.17, 15) is 14.4 Å². The first-order valence-corrected chi connectivity index (χ1v) is 14.8. The minimum Gasteiger partial charge on any atom is -0.326 e. The van der Waals surface area contributed by atoms with Crippen LogP contribution in [0.2, 0.25) is 5.02 Å². The fourth-order valence-corrected chi connectivity index (χ4v) is 6.50. The molecule has 2 amide bonds. The normalized spacial score (nSPS) is 19.5. The molecule has 3 aliphatic rings. The molecular formula is C34H30ClFN4O3. The van der Waals surface area contributed by atoms with Crippen LogP contribution in [0, 0.1) is 25.1 Å². The molecule has 2 aromatic carbocycles. The highest BCUT2D eigenvalue weighted by Crippen LogP contribution is 2.57. The summed E-state index contributed by atoms with van der Waals surface area (Å²) in [5.74, 6) is -0.522. The van der Waals surface area contributed by atoms with Crippen molar-refractivity contribution in [2.75, 3.05) is 10.6 Å². The number of nitrogens with one attached hydrogen (secondary N) is 2. The van der Waals surface area contributed by atoms with Crippen LogP contribution in [0.5, 0.6) is 0 Å². The highest BCUT2D eigenvalue weighted by Gasteiger charge is 2.45. The van der Waals surface area contributed by atoms with Gasteiger partial charge in [-0.25, -0.2) is 4.39 Å². The minimum atomic E-state index is -0.580. The number of hydrogen-bond donors (Lipinski definition) is 2. The summed E-state index contributed by atoms with van der Waals surface area (Å²) in [6.07, 6.45) is 4.38. The summed E-state index contributed by atoms with van der Waals surface area (Å²) >= 11 is 6.78. The number of aromatic nitrogens is 2. The fraction of sp³-hybridized carbons (Fsp3) is 0.294. The van der Waals surface area contributed by atoms with Crippen LogP contribution in [-0.4, -0.2) is 21.4 Å². The average molecular weight is 597 g/mol. The van der Waals surface area contributed by atoms with Gasteiger partial charge in [0, 0.05) is 28.6 Å². The lowest BCUT2D eigenvalue weighted by Crippen LogP contribution is -2.23. The maximum absolute atomic E-state index is 15.6. The van der Waals surface area contributed by atoms with E-state index in [0.717, 1.165) is 47.2 Å². The Bertz CT molecular complexity index is 1930. The van der Waals surface area contributed by atoms with Gasteiger partial charge in [-0.2, -0.15) is 0 Å². The molecule has 2 fully saturated rings. The first kappa shape index (κ1) is 27.5. The summed E-state index contributed by atoms with van der Waals surface area (Å²) in [5.41, 5.74) is 5.65. The SMILES string of the molecule is Cc1cnc(-c2cccc(NC(=O)C3(C)CC3)c2F)cc1-n1c(C)cc([C@H]2C[C@@H]2c2cccc3c2CC(=O)N3)c(Cl)c1=O. The topological polar surface area (TPSA) is 93.1 Å². The second-order valence-corrected chi connectivity index (χ2v) is 12.7. The second kappa shape index (κ2) is 9.88. The van der Waals surface area contributed by atoms with Crippen LogP contribution < -0.4 is 16.2 Å². The van der Waals surface area contributed by atoms with E-state index in [4.69, 9.17) is 11.6 Å². The number of amides is 2. The molecule has 7 nitrogen and oxygen atoms in total. The van der Waals surface area contributed by atoms with E-state index in [2.05, 4.69) is 21.7 Å². The van der Waals surface area contributed by atoms with Gasteiger partial charge in [0.2, 0.25) is 11.8 Å². The number of carbonyl (C=O) groups is 2. The summed E-state index contributed by atoms with van der Waals surface area (Å²) in [6.45, 7) is 5.56. The molecule has 0 radical (unpaired) electrons. The number of hydrogen-bond acceptors (Lipinski definition) is 4. The Morgan fingerprint density at radius 3 is 2.60 bits per heavy atom. The number of benzene rings is 2. The van der Waals surface area contributed by atoms with E-state index in [1.54, 1.807) is 29.0 Å². The smallest absolute Gasteiger partial charge is 0.274 e. The van der Waals surface area contributed by atoms with Crippen LogP contribution in [0.4, 0.5) is 15.8 Å². The molecule has 218 valence electrons. The molecule has 9 heteroatoms. The molecule has 2 aromatic heterocycles. The van der Waals surface area contributed by atoms with Crippen molar-refractivity contribution in [1.29, 1.82) is 0 Å². The summed E-state index contributed by atoms with van der Waals surface area (Å²) in [4.78, 5) is 42.8. The first-order valence-electron chi connectivity index (χ1n) is 14.5. The number of nitrogens with zero attached hydrogens (tertiary/aromatic N) is 2. The summed E-state index contributed by atoms with van der Waals surface area (Å²) in [5, 5.41) is 5.79. The molecule has 3 heterocycles. The van der Waals surface area contributed by atoms with Crippen LogP contribution in [0.3, 0.4) is 0 Å². The maximum atomic E-state index is 15.6. The molecule has 0 unspecified atom stereocenters. The number of pyridine rings is 2. The molecule has 2 saturated carbocycles. The van der Waals surface area contributed by atoms with Crippen molar-refractivity contribution >= 4 is 34.8 Å². The monoisotopic (exact) mass is 596 g/mol. The second-order valence-electron chi connectivity index (χ2n) is 12.3. The Morgan fingerprint density at radius 2 is 1.84 bits per heavy atom. The highest BCUT2D eigenvalue weighted by atomic mass is 35.5. The van der Waals surface area contributed by atoms with E-state index >= 15 is 4.39 Å². The molecule has 7 rings (SSSR count). The maximum Gasteiger partial charge on any atom is 0.274 e. The zero-order chi connectivity index (χ0) is 30.2. The lowest BCUT2D eigenvalue weighted by molar-refractivity contribution is -0.120. The predicted molar refractivity (Wildman–Crippen MR) is 165 cm³/mol. The lowest BCUT2D eigenvalue weighted by atomic mass is 9.98. The van der Waals surface area contributed by atoms with E-state index in [1.807, 2.05) is 39.0 Å². The van der Waals surface area contributed by atoms with Crippen molar-refractivity contribution in [3.05, 3.63) is 104 Å². The van der Waals surface area contributed by atoms with Crippen molar-refractivity contribution in [1.82, 2.24) is 9.55 Å². The number of rotatable bonds is 6. The third-order valence-electron chi connectivity index (χ3n) is 9.16. The van der Waals surface area contributed by atoms with Crippen molar-refractivity contribution in [2.45, 2.75) is 58.3 Å². The summed E-state index contributed by atoms with van der Waals surface area (Å²) in [6, 6.07) is 14.4. The Balaban J connectivity index is 1.22. The number of anilines is 2. The van der Waals surface area contributed by atoms with Gasteiger partial charge < -0.3 is 10.6 Å². The summed E-state index contributed by atoms with van der Waals surface area (Å²) in [7, 11) is 0. The van der Waals surface area contributed by atoms with Crippen LogP contribution >= 0.6 is 11.6 Å². The van der Waals surface area contributed by atoms with Crippen LogP contribution in [0.25, 0.3) is 16.9 Å². The average Bonchev–Trinajstić information content (AvgIpc) is 3.89. The van der Waals surface area contributed by atoms with Crippen molar-refractivity contribution in [3.8, 4) is 16.9 Å². The zero-order valence-corrected chi connectivity index (χ0v) is 24.8. The van der Waals surface area contributed by atoms with Crippen molar-refractivity contribution in [3.63, 3.8) is 0 Å². The molecular weight excluding hydrogens is 567 g/mol. The Labute approximate surface area is 253 Å².